The van der Waals surface area contributed by atoms with Gasteiger partial charge in [-0.05, 0) is 29.9 Å². The van der Waals surface area contributed by atoms with Crippen LogP contribution in [0, 0.1) is 0 Å². The molecule has 112 valence electrons. The first-order chi connectivity index (χ1) is 10.2. The van der Waals surface area contributed by atoms with Gasteiger partial charge in [0, 0.05) is 7.11 Å². The summed E-state index contributed by atoms with van der Waals surface area (Å²) < 4.78 is 6.78. The fourth-order valence-corrected chi connectivity index (χ4v) is 2.80. The van der Waals surface area contributed by atoms with Gasteiger partial charge in [-0.3, -0.25) is 4.68 Å². The molecule has 4 nitrogen and oxygen atoms in total. The van der Waals surface area contributed by atoms with Crippen molar-refractivity contribution in [3.8, 4) is 0 Å². The van der Waals surface area contributed by atoms with Crippen molar-refractivity contribution >= 4 is 11.6 Å². The van der Waals surface area contributed by atoms with Gasteiger partial charge in [-0.2, -0.15) is 5.10 Å². The van der Waals surface area contributed by atoms with Crippen LogP contribution in [0.1, 0.15) is 41.7 Å². The second kappa shape index (κ2) is 6.18. The maximum absolute atomic E-state index is 10.7. The first-order valence-corrected chi connectivity index (χ1v) is 7.56. The van der Waals surface area contributed by atoms with E-state index in [9.17, 15) is 5.11 Å². The van der Waals surface area contributed by atoms with Crippen LogP contribution in [0.4, 0.5) is 0 Å². The topological polar surface area (TPSA) is 47.3 Å². The number of aliphatic hydroxyl groups excluding tert-OH is 1. The summed E-state index contributed by atoms with van der Waals surface area (Å²) in [5.74, 6) is 0.658. The van der Waals surface area contributed by atoms with E-state index >= 15 is 0 Å². The molecular weight excluding hydrogens is 288 g/mol. The highest BCUT2D eigenvalue weighted by molar-refractivity contribution is 6.31. The Morgan fingerprint density at radius 1 is 1.48 bits per heavy atom. The van der Waals surface area contributed by atoms with Gasteiger partial charge < -0.3 is 9.84 Å². The van der Waals surface area contributed by atoms with Gasteiger partial charge in [0.2, 0.25) is 0 Å². The number of hydrogen-bond donors (Lipinski definition) is 1. The van der Waals surface area contributed by atoms with Gasteiger partial charge in [-0.15, -0.1) is 0 Å². The zero-order valence-corrected chi connectivity index (χ0v) is 12.8. The standard InChI is InChI=1S/C16H19ClN2O2/c1-21-8-7-19-15(14(17)10-18-19)16(20)13-4-2-3-12(9-13)11-5-6-11/h2-4,9-11,16,20H,5-8H2,1H3. The second-order valence-electron chi connectivity index (χ2n) is 5.44. The van der Waals surface area contributed by atoms with Crippen LogP contribution < -0.4 is 0 Å². The van der Waals surface area contributed by atoms with Gasteiger partial charge in [0.1, 0.15) is 6.10 Å². The summed E-state index contributed by atoms with van der Waals surface area (Å²) in [6, 6.07) is 8.13. The number of benzene rings is 1. The monoisotopic (exact) mass is 306 g/mol. The third-order valence-corrected chi connectivity index (χ3v) is 4.17. The van der Waals surface area contributed by atoms with Crippen molar-refractivity contribution in [2.75, 3.05) is 13.7 Å². The van der Waals surface area contributed by atoms with Crippen LogP contribution in [0.5, 0.6) is 0 Å². The predicted molar refractivity (Wildman–Crippen MR) is 81.6 cm³/mol. The largest absolute Gasteiger partial charge is 0.383 e. The van der Waals surface area contributed by atoms with Crippen molar-refractivity contribution < 1.29 is 9.84 Å². The van der Waals surface area contributed by atoms with Crippen LogP contribution in [0.25, 0.3) is 0 Å². The molecule has 2 aromatic rings. The molecule has 1 aliphatic carbocycles. The first-order valence-electron chi connectivity index (χ1n) is 7.18. The Morgan fingerprint density at radius 3 is 3.00 bits per heavy atom. The van der Waals surface area contributed by atoms with Gasteiger partial charge in [0.05, 0.1) is 30.1 Å². The molecule has 0 spiro atoms. The Kier molecular flexibility index (Phi) is 4.29. The third-order valence-electron chi connectivity index (χ3n) is 3.87. The highest BCUT2D eigenvalue weighted by Crippen LogP contribution is 2.41. The summed E-state index contributed by atoms with van der Waals surface area (Å²) >= 11 is 6.20. The summed E-state index contributed by atoms with van der Waals surface area (Å²) in [6.45, 7) is 1.10. The predicted octanol–water partition coefficient (Wildman–Crippen LogP) is 3.14. The van der Waals surface area contributed by atoms with E-state index in [-0.39, 0.29) is 0 Å². The Labute approximate surface area is 129 Å². The normalized spacial score (nSPS) is 16.1. The number of ether oxygens (including phenoxy) is 1. The Balaban J connectivity index is 1.88. The van der Waals surface area contributed by atoms with Crippen LogP contribution in [0.15, 0.2) is 30.5 Å². The first kappa shape index (κ1) is 14.6. The highest BCUT2D eigenvalue weighted by atomic mass is 35.5. The molecule has 21 heavy (non-hydrogen) atoms. The van der Waals surface area contributed by atoms with Crippen LogP contribution in [0.3, 0.4) is 0 Å². The number of hydrogen-bond acceptors (Lipinski definition) is 3. The highest BCUT2D eigenvalue weighted by Gasteiger charge is 2.25. The van der Waals surface area contributed by atoms with Gasteiger partial charge >= 0.3 is 0 Å². The molecule has 1 fully saturated rings. The molecule has 0 saturated heterocycles. The maximum atomic E-state index is 10.7. The number of nitrogens with zero attached hydrogens (tertiary/aromatic N) is 2. The molecule has 1 unspecified atom stereocenters. The van der Waals surface area contributed by atoms with Crippen molar-refractivity contribution in [1.82, 2.24) is 9.78 Å². The van der Waals surface area contributed by atoms with Gasteiger partial charge in [-0.25, -0.2) is 0 Å². The quantitative estimate of drug-likeness (QED) is 0.892. The average Bonchev–Trinajstić information content (AvgIpc) is 3.29. The molecule has 1 saturated carbocycles. The number of aromatic nitrogens is 2. The lowest BCUT2D eigenvalue weighted by atomic mass is 10.0. The van der Waals surface area contributed by atoms with E-state index in [0.29, 0.717) is 29.8 Å². The zero-order valence-electron chi connectivity index (χ0n) is 12.0. The van der Waals surface area contributed by atoms with Crippen molar-refractivity contribution in [2.45, 2.75) is 31.4 Å². The summed E-state index contributed by atoms with van der Waals surface area (Å²) in [6.07, 6.45) is 3.29. The molecule has 0 aliphatic heterocycles. The van der Waals surface area contributed by atoms with Gasteiger partial charge in [0.15, 0.2) is 0 Å². The van der Waals surface area contributed by atoms with E-state index < -0.39 is 6.10 Å². The minimum atomic E-state index is -0.768. The average molecular weight is 307 g/mol. The molecule has 0 amide bonds. The fourth-order valence-electron chi connectivity index (χ4n) is 2.56. The van der Waals surface area contributed by atoms with Crippen LogP contribution in [-0.4, -0.2) is 28.6 Å². The van der Waals surface area contributed by atoms with Gasteiger partial charge in [-0.1, -0.05) is 35.9 Å². The van der Waals surface area contributed by atoms with E-state index in [4.69, 9.17) is 16.3 Å². The number of methoxy groups -OCH3 is 1. The second-order valence-corrected chi connectivity index (χ2v) is 5.85. The zero-order chi connectivity index (χ0) is 14.8. The molecule has 0 radical (unpaired) electrons. The maximum Gasteiger partial charge on any atom is 0.122 e. The van der Waals surface area contributed by atoms with Crippen LogP contribution >= 0.6 is 11.6 Å². The molecule has 1 N–H and O–H groups in total. The van der Waals surface area contributed by atoms with E-state index in [1.165, 1.54) is 18.4 Å². The van der Waals surface area contributed by atoms with Crippen LogP contribution in [0.2, 0.25) is 5.02 Å². The molecule has 1 aromatic heterocycles. The lowest BCUT2D eigenvalue weighted by molar-refractivity contribution is 0.171. The Hall–Kier alpha value is -1.36. The number of rotatable bonds is 6. The fraction of sp³-hybridized carbons (Fsp3) is 0.438. The van der Waals surface area contributed by atoms with Crippen molar-refractivity contribution in [3.63, 3.8) is 0 Å². The van der Waals surface area contributed by atoms with E-state index in [1.54, 1.807) is 18.0 Å². The van der Waals surface area contributed by atoms with Gasteiger partial charge in [0.25, 0.3) is 0 Å². The van der Waals surface area contributed by atoms with Crippen molar-refractivity contribution in [1.29, 1.82) is 0 Å². The van der Waals surface area contributed by atoms with Crippen molar-refractivity contribution in [3.05, 3.63) is 52.3 Å². The lowest BCUT2D eigenvalue weighted by Crippen LogP contribution is -2.13. The molecule has 1 atom stereocenters. The molecule has 1 aromatic carbocycles. The molecule has 5 heteroatoms. The number of halogens is 1. The van der Waals surface area contributed by atoms with E-state index in [2.05, 4.69) is 17.2 Å². The summed E-state index contributed by atoms with van der Waals surface area (Å²) in [5.41, 5.74) is 2.78. The smallest absolute Gasteiger partial charge is 0.122 e. The summed E-state index contributed by atoms with van der Waals surface area (Å²) in [7, 11) is 1.64. The molecule has 3 rings (SSSR count). The Morgan fingerprint density at radius 2 is 2.29 bits per heavy atom. The van der Waals surface area contributed by atoms with Crippen molar-refractivity contribution in [2.24, 2.45) is 0 Å². The van der Waals surface area contributed by atoms with E-state index in [1.807, 2.05) is 12.1 Å². The molecule has 1 aliphatic rings. The minimum Gasteiger partial charge on any atom is -0.383 e. The molecule has 1 heterocycles. The van der Waals surface area contributed by atoms with Crippen LogP contribution in [-0.2, 0) is 11.3 Å². The van der Waals surface area contributed by atoms with E-state index in [0.717, 1.165) is 5.56 Å². The number of aliphatic hydroxyl groups is 1. The Bertz CT molecular complexity index is 622. The minimum absolute atomic E-state index is 0.482. The molecular formula is C16H19ClN2O2. The SMILES string of the molecule is COCCn1ncc(Cl)c1C(O)c1cccc(C2CC2)c1. The lowest BCUT2D eigenvalue weighted by Gasteiger charge is -2.15. The molecule has 0 bridgehead atoms. The third kappa shape index (κ3) is 3.12. The summed E-state index contributed by atoms with van der Waals surface area (Å²) in [4.78, 5) is 0. The summed E-state index contributed by atoms with van der Waals surface area (Å²) in [5, 5.41) is 15.4.